The van der Waals surface area contributed by atoms with Crippen LogP contribution in [0, 0.1) is 5.82 Å². The second-order valence-electron chi connectivity index (χ2n) is 6.72. The first-order chi connectivity index (χ1) is 10.4. The molecule has 0 N–H and O–H groups in total. The van der Waals surface area contributed by atoms with E-state index in [1.54, 1.807) is 12.1 Å². The molecule has 0 saturated heterocycles. The van der Waals surface area contributed by atoms with Gasteiger partial charge in [-0.25, -0.2) is 4.39 Å². The van der Waals surface area contributed by atoms with Crippen molar-refractivity contribution in [1.82, 2.24) is 9.80 Å². The molecule has 3 nitrogen and oxygen atoms in total. The standard InChI is InChI=1S/C18H27FN2O/c1-13(2)21(14(3)4)18(22)12-20(16-9-10-16)11-15-7-5-6-8-17(15)19/h5-8,13-14,16H,9-12H2,1-4H3. The van der Waals surface area contributed by atoms with Crippen LogP contribution in [0.3, 0.4) is 0 Å². The van der Waals surface area contributed by atoms with E-state index in [0.717, 1.165) is 12.8 Å². The molecule has 0 radical (unpaired) electrons. The van der Waals surface area contributed by atoms with Gasteiger partial charge in [0.15, 0.2) is 0 Å². The van der Waals surface area contributed by atoms with E-state index in [4.69, 9.17) is 0 Å². The molecule has 0 bridgehead atoms. The Morgan fingerprint density at radius 3 is 2.27 bits per heavy atom. The van der Waals surface area contributed by atoms with E-state index in [0.29, 0.717) is 24.7 Å². The van der Waals surface area contributed by atoms with E-state index in [1.165, 1.54) is 6.07 Å². The molecular formula is C18H27FN2O. The molecule has 22 heavy (non-hydrogen) atoms. The van der Waals surface area contributed by atoms with Gasteiger partial charge < -0.3 is 4.90 Å². The molecule has 1 aliphatic carbocycles. The van der Waals surface area contributed by atoms with Gasteiger partial charge in [0.1, 0.15) is 5.82 Å². The molecule has 0 heterocycles. The van der Waals surface area contributed by atoms with E-state index in [9.17, 15) is 9.18 Å². The zero-order chi connectivity index (χ0) is 16.3. The highest BCUT2D eigenvalue weighted by molar-refractivity contribution is 5.79. The van der Waals surface area contributed by atoms with Crippen LogP contribution in [-0.2, 0) is 11.3 Å². The predicted molar refractivity (Wildman–Crippen MR) is 87.0 cm³/mol. The second-order valence-corrected chi connectivity index (χ2v) is 6.72. The Morgan fingerprint density at radius 2 is 1.77 bits per heavy atom. The second kappa shape index (κ2) is 7.23. The number of hydrogen-bond acceptors (Lipinski definition) is 2. The third-order valence-corrected chi connectivity index (χ3v) is 4.13. The minimum atomic E-state index is -0.190. The van der Waals surface area contributed by atoms with Crippen LogP contribution in [-0.4, -0.2) is 40.4 Å². The summed E-state index contributed by atoms with van der Waals surface area (Å²) in [4.78, 5) is 16.7. The van der Waals surface area contributed by atoms with Crippen molar-refractivity contribution < 1.29 is 9.18 Å². The Hall–Kier alpha value is -1.42. The van der Waals surface area contributed by atoms with Gasteiger partial charge in [-0.05, 0) is 46.6 Å². The highest BCUT2D eigenvalue weighted by Gasteiger charge is 2.32. The van der Waals surface area contributed by atoms with Crippen molar-refractivity contribution in [1.29, 1.82) is 0 Å². The van der Waals surface area contributed by atoms with Gasteiger partial charge in [0.2, 0.25) is 5.91 Å². The number of nitrogens with zero attached hydrogens (tertiary/aromatic N) is 2. The van der Waals surface area contributed by atoms with Crippen LogP contribution in [0.25, 0.3) is 0 Å². The number of benzene rings is 1. The number of carbonyl (C=O) groups is 1. The van der Waals surface area contributed by atoms with E-state index in [2.05, 4.69) is 4.90 Å². The lowest BCUT2D eigenvalue weighted by molar-refractivity contribution is -0.136. The third-order valence-electron chi connectivity index (χ3n) is 4.13. The maximum Gasteiger partial charge on any atom is 0.237 e. The summed E-state index contributed by atoms with van der Waals surface area (Å²) in [5.74, 6) is -0.0570. The fourth-order valence-corrected chi connectivity index (χ4v) is 3.03. The van der Waals surface area contributed by atoms with Crippen molar-refractivity contribution >= 4 is 5.91 Å². The first kappa shape index (κ1) is 16.9. The summed E-state index contributed by atoms with van der Waals surface area (Å²) in [6.45, 7) is 9.03. The molecule has 1 amide bonds. The molecule has 0 aliphatic heterocycles. The monoisotopic (exact) mass is 306 g/mol. The summed E-state index contributed by atoms with van der Waals surface area (Å²) in [6.07, 6.45) is 2.20. The minimum absolute atomic E-state index is 0.133. The van der Waals surface area contributed by atoms with Crippen molar-refractivity contribution in [3.63, 3.8) is 0 Å². The van der Waals surface area contributed by atoms with E-state index in [-0.39, 0.29) is 23.8 Å². The Bertz CT molecular complexity index is 504. The van der Waals surface area contributed by atoms with Crippen molar-refractivity contribution in [3.05, 3.63) is 35.6 Å². The number of hydrogen-bond donors (Lipinski definition) is 0. The molecule has 0 aromatic heterocycles. The summed E-state index contributed by atoms with van der Waals surface area (Å²) >= 11 is 0. The van der Waals surface area contributed by atoms with Crippen molar-refractivity contribution in [2.45, 2.75) is 65.2 Å². The van der Waals surface area contributed by atoms with Crippen molar-refractivity contribution in [3.8, 4) is 0 Å². The molecule has 122 valence electrons. The molecule has 1 aromatic rings. The lowest BCUT2D eigenvalue weighted by atomic mass is 10.2. The van der Waals surface area contributed by atoms with Gasteiger partial charge in [-0.2, -0.15) is 0 Å². The van der Waals surface area contributed by atoms with Crippen LogP contribution in [0.4, 0.5) is 4.39 Å². The molecular weight excluding hydrogens is 279 g/mol. The molecule has 1 saturated carbocycles. The van der Waals surface area contributed by atoms with Crippen LogP contribution in [0.5, 0.6) is 0 Å². The number of amides is 1. The number of rotatable bonds is 7. The summed E-state index contributed by atoms with van der Waals surface area (Å²) in [7, 11) is 0. The highest BCUT2D eigenvalue weighted by atomic mass is 19.1. The van der Waals surface area contributed by atoms with Crippen LogP contribution >= 0.6 is 0 Å². The first-order valence-corrected chi connectivity index (χ1v) is 8.18. The number of halogens is 1. The molecule has 1 aromatic carbocycles. The van der Waals surface area contributed by atoms with Gasteiger partial charge in [0.05, 0.1) is 6.54 Å². The fourth-order valence-electron chi connectivity index (χ4n) is 3.03. The van der Waals surface area contributed by atoms with Gasteiger partial charge >= 0.3 is 0 Å². The molecule has 2 rings (SSSR count). The van der Waals surface area contributed by atoms with Crippen LogP contribution in [0.15, 0.2) is 24.3 Å². The third kappa shape index (κ3) is 4.29. The molecule has 4 heteroatoms. The molecule has 0 spiro atoms. The molecule has 0 unspecified atom stereocenters. The van der Waals surface area contributed by atoms with Gasteiger partial charge in [0, 0.05) is 30.2 Å². The zero-order valence-corrected chi connectivity index (χ0v) is 14.1. The SMILES string of the molecule is CC(C)N(C(=O)CN(Cc1ccccc1F)C1CC1)C(C)C. The zero-order valence-electron chi connectivity index (χ0n) is 14.1. The van der Waals surface area contributed by atoms with Crippen LogP contribution < -0.4 is 0 Å². The lowest BCUT2D eigenvalue weighted by Gasteiger charge is -2.33. The minimum Gasteiger partial charge on any atom is -0.337 e. The van der Waals surface area contributed by atoms with Gasteiger partial charge in [-0.1, -0.05) is 18.2 Å². The molecule has 1 fully saturated rings. The lowest BCUT2D eigenvalue weighted by Crippen LogP contribution is -2.47. The van der Waals surface area contributed by atoms with Gasteiger partial charge in [-0.3, -0.25) is 9.69 Å². The Labute approximate surface area is 133 Å². The maximum absolute atomic E-state index is 13.9. The van der Waals surface area contributed by atoms with Crippen molar-refractivity contribution in [2.75, 3.05) is 6.54 Å². The maximum atomic E-state index is 13.9. The largest absolute Gasteiger partial charge is 0.337 e. The van der Waals surface area contributed by atoms with Crippen molar-refractivity contribution in [2.24, 2.45) is 0 Å². The predicted octanol–water partition coefficient (Wildman–Crippen LogP) is 3.44. The Morgan fingerprint density at radius 1 is 1.18 bits per heavy atom. The fraction of sp³-hybridized carbons (Fsp3) is 0.611. The number of carbonyl (C=O) groups excluding carboxylic acids is 1. The van der Waals surface area contributed by atoms with Crippen LogP contribution in [0.2, 0.25) is 0 Å². The quantitative estimate of drug-likeness (QED) is 0.770. The highest BCUT2D eigenvalue weighted by Crippen LogP contribution is 2.29. The average molecular weight is 306 g/mol. The summed E-state index contributed by atoms with van der Waals surface area (Å²) < 4.78 is 13.9. The topological polar surface area (TPSA) is 23.6 Å². The smallest absolute Gasteiger partial charge is 0.237 e. The van der Waals surface area contributed by atoms with Gasteiger partial charge in [-0.15, -0.1) is 0 Å². The molecule has 0 atom stereocenters. The van der Waals surface area contributed by atoms with E-state index >= 15 is 0 Å². The average Bonchev–Trinajstić information content (AvgIpc) is 3.23. The summed E-state index contributed by atoms with van der Waals surface area (Å²) in [6, 6.07) is 7.62. The molecule has 1 aliphatic rings. The van der Waals surface area contributed by atoms with E-state index in [1.807, 2.05) is 38.7 Å². The normalized spacial score (nSPS) is 14.9. The Kier molecular flexibility index (Phi) is 5.57. The summed E-state index contributed by atoms with van der Waals surface area (Å²) in [5, 5.41) is 0. The van der Waals surface area contributed by atoms with Gasteiger partial charge in [0.25, 0.3) is 0 Å². The van der Waals surface area contributed by atoms with Crippen LogP contribution in [0.1, 0.15) is 46.1 Å². The first-order valence-electron chi connectivity index (χ1n) is 8.18. The Balaban J connectivity index is 2.06. The van der Waals surface area contributed by atoms with E-state index < -0.39 is 0 Å². The summed E-state index contributed by atoms with van der Waals surface area (Å²) in [5.41, 5.74) is 0.669.